The zero-order chi connectivity index (χ0) is 25.2. The summed E-state index contributed by atoms with van der Waals surface area (Å²) in [5.74, 6) is -0.106. The van der Waals surface area contributed by atoms with E-state index < -0.39 is 0 Å². The van der Waals surface area contributed by atoms with Crippen molar-refractivity contribution in [2.45, 2.75) is 32.4 Å². The molecule has 0 radical (unpaired) electrons. The zero-order valence-electron chi connectivity index (χ0n) is 20.3. The Morgan fingerprint density at radius 3 is 2.25 bits per heavy atom. The third kappa shape index (κ3) is 4.59. The highest BCUT2D eigenvalue weighted by Gasteiger charge is 2.39. The molecule has 1 aliphatic heterocycles. The number of carbonyl (C=O) groups is 2. The van der Waals surface area contributed by atoms with Crippen LogP contribution in [0.2, 0.25) is 0 Å². The van der Waals surface area contributed by atoms with Gasteiger partial charge in [-0.2, -0.15) is 0 Å². The summed E-state index contributed by atoms with van der Waals surface area (Å²) >= 11 is 3.48. The highest BCUT2D eigenvalue weighted by molar-refractivity contribution is 9.10. The van der Waals surface area contributed by atoms with E-state index in [0.29, 0.717) is 17.5 Å². The van der Waals surface area contributed by atoms with Crippen LogP contribution in [-0.4, -0.2) is 17.9 Å². The van der Waals surface area contributed by atoms with Crippen LogP contribution in [0.15, 0.2) is 108 Å². The number of hydrogen-bond acceptors (Lipinski definition) is 2. The topological polar surface area (TPSA) is 40.6 Å². The van der Waals surface area contributed by atoms with Crippen LogP contribution < -0.4 is 9.80 Å². The molecule has 36 heavy (non-hydrogen) atoms. The molecule has 5 heteroatoms. The van der Waals surface area contributed by atoms with Gasteiger partial charge in [-0.1, -0.05) is 76.1 Å². The fraction of sp³-hybridized carbons (Fsp3) is 0.161. The van der Waals surface area contributed by atoms with Crippen molar-refractivity contribution in [3.8, 4) is 0 Å². The molecule has 4 aromatic carbocycles. The minimum Gasteiger partial charge on any atom is -0.305 e. The van der Waals surface area contributed by atoms with Crippen molar-refractivity contribution in [1.82, 2.24) is 0 Å². The molecule has 1 aliphatic rings. The lowest BCUT2D eigenvalue weighted by atomic mass is 9.89. The third-order valence-electron chi connectivity index (χ3n) is 6.71. The van der Waals surface area contributed by atoms with Gasteiger partial charge in [0.2, 0.25) is 0 Å². The number of para-hydroxylation sites is 2. The van der Waals surface area contributed by atoms with Crippen molar-refractivity contribution in [2.24, 2.45) is 0 Å². The Bertz CT molecular complexity index is 1400. The van der Waals surface area contributed by atoms with Crippen LogP contribution in [0.3, 0.4) is 0 Å². The summed E-state index contributed by atoms with van der Waals surface area (Å²) in [6.45, 7) is 4.07. The van der Waals surface area contributed by atoms with E-state index in [1.165, 1.54) is 0 Å². The molecule has 2 amide bonds. The van der Waals surface area contributed by atoms with Crippen LogP contribution in [-0.2, 0) is 0 Å². The summed E-state index contributed by atoms with van der Waals surface area (Å²) < 4.78 is 0.864. The summed E-state index contributed by atoms with van der Waals surface area (Å²) in [4.78, 5) is 31.4. The molecule has 1 heterocycles. The number of aryl methyl sites for hydroxylation is 1. The molecular weight excluding hydrogens is 512 g/mol. The van der Waals surface area contributed by atoms with Gasteiger partial charge in [0.15, 0.2) is 0 Å². The van der Waals surface area contributed by atoms with Crippen LogP contribution in [0, 0.1) is 6.92 Å². The van der Waals surface area contributed by atoms with E-state index in [0.717, 1.165) is 27.0 Å². The maximum Gasteiger partial charge on any atom is 0.258 e. The van der Waals surface area contributed by atoms with Crippen molar-refractivity contribution in [3.63, 3.8) is 0 Å². The van der Waals surface area contributed by atoms with E-state index in [4.69, 9.17) is 0 Å². The Morgan fingerprint density at radius 1 is 0.833 bits per heavy atom. The lowest BCUT2D eigenvalue weighted by Crippen LogP contribution is -2.47. The fourth-order valence-corrected chi connectivity index (χ4v) is 5.36. The van der Waals surface area contributed by atoms with Crippen LogP contribution >= 0.6 is 15.9 Å². The minimum absolute atomic E-state index is 0.0502. The van der Waals surface area contributed by atoms with Crippen LogP contribution in [0.5, 0.6) is 0 Å². The van der Waals surface area contributed by atoms with Crippen molar-refractivity contribution >= 4 is 39.1 Å². The summed E-state index contributed by atoms with van der Waals surface area (Å²) in [6.07, 6.45) is 0.614. The quantitative estimate of drug-likeness (QED) is 0.268. The summed E-state index contributed by atoms with van der Waals surface area (Å²) in [6, 6.07) is 32.6. The van der Waals surface area contributed by atoms with Crippen LogP contribution in [0.4, 0.5) is 11.4 Å². The molecule has 0 fully saturated rings. The van der Waals surface area contributed by atoms with E-state index in [2.05, 4.69) is 22.9 Å². The first-order valence-corrected chi connectivity index (χ1v) is 12.9. The fourth-order valence-electron chi connectivity index (χ4n) is 4.96. The van der Waals surface area contributed by atoms with Gasteiger partial charge in [-0.3, -0.25) is 9.59 Å². The van der Waals surface area contributed by atoms with E-state index >= 15 is 0 Å². The minimum atomic E-state index is -0.223. The molecule has 0 spiro atoms. The molecule has 0 aromatic heterocycles. The molecule has 180 valence electrons. The number of halogens is 1. The maximum atomic E-state index is 14.0. The van der Waals surface area contributed by atoms with Crippen molar-refractivity contribution in [3.05, 3.63) is 130 Å². The van der Waals surface area contributed by atoms with Gasteiger partial charge < -0.3 is 9.80 Å². The predicted molar refractivity (Wildman–Crippen MR) is 149 cm³/mol. The largest absolute Gasteiger partial charge is 0.305 e. The Balaban J connectivity index is 1.60. The van der Waals surface area contributed by atoms with Gasteiger partial charge >= 0.3 is 0 Å². The van der Waals surface area contributed by atoms with Crippen LogP contribution in [0.25, 0.3) is 0 Å². The molecular formula is C31H27BrN2O2. The van der Waals surface area contributed by atoms with E-state index in [1.807, 2.05) is 120 Å². The predicted octanol–water partition coefficient (Wildman–Crippen LogP) is 7.58. The number of amides is 2. The first kappa shape index (κ1) is 24.0. The lowest BCUT2D eigenvalue weighted by Gasteiger charge is -2.43. The number of nitrogens with zero attached hydrogens (tertiary/aromatic N) is 2. The molecule has 0 bridgehead atoms. The molecule has 0 saturated carbocycles. The normalized spacial score (nSPS) is 16.8. The zero-order valence-corrected chi connectivity index (χ0v) is 21.9. The van der Waals surface area contributed by atoms with Gasteiger partial charge in [-0.25, -0.2) is 0 Å². The Morgan fingerprint density at radius 2 is 1.53 bits per heavy atom. The highest BCUT2D eigenvalue weighted by Crippen LogP contribution is 2.43. The van der Waals surface area contributed by atoms with Crippen molar-refractivity contribution < 1.29 is 9.59 Å². The second-order valence-electron chi connectivity index (χ2n) is 9.22. The van der Waals surface area contributed by atoms with Crippen molar-refractivity contribution in [2.75, 3.05) is 9.80 Å². The monoisotopic (exact) mass is 538 g/mol. The van der Waals surface area contributed by atoms with E-state index in [-0.39, 0.29) is 23.9 Å². The van der Waals surface area contributed by atoms with Gasteiger partial charge in [0.05, 0.1) is 6.04 Å². The molecule has 0 saturated heterocycles. The van der Waals surface area contributed by atoms with Gasteiger partial charge in [0, 0.05) is 33.0 Å². The molecule has 0 aliphatic carbocycles. The smallest absolute Gasteiger partial charge is 0.258 e. The molecule has 2 atom stereocenters. The van der Waals surface area contributed by atoms with Crippen LogP contribution in [0.1, 0.15) is 51.2 Å². The molecule has 0 N–H and O–H groups in total. The average Bonchev–Trinajstić information content (AvgIpc) is 2.89. The van der Waals surface area contributed by atoms with E-state index in [1.54, 1.807) is 0 Å². The van der Waals surface area contributed by atoms with Gasteiger partial charge in [0.25, 0.3) is 11.8 Å². The average molecular weight is 539 g/mol. The summed E-state index contributed by atoms with van der Waals surface area (Å²) in [5.41, 5.74) is 5.01. The number of benzene rings is 4. The van der Waals surface area contributed by atoms with Gasteiger partial charge in [-0.05, 0) is 74.4 Å². The first-order valence-electron chi connectivity index (χ1n) is 12.1. The molecule has 4 nitrogen and oxygen atoms in total. The highest BCUT2D eigenvalue weighted by atomic mass is 79.9. The molecule has 2 unspecified atom stereocenters. The number of carbonyl (C=O) groups excluding carboxylic acids is 2. The third-order valence-corrected chi connectivity index (χ3v) is 7.21. The van der Waals surface area contributed by atoms with Gasteiger partial charge in [-0.15, -0.1) is 0 Å². The number of hydrogen-bond donors (Lipinski definition) is 0. The Hall–Kier alpha value is -3.70. The number of anilines is 2. The summed E-state index contributed by atoms with van der Waals surface area (Å²) in [7, 11) is 0. The molecule has 4 aromatic rings. The maximum absolute atomic E-state index is 14.0. The first-order chi connectivity index (χ1) is 17.4. The second kappa shape index (κ2) is 10.1. The van der Waals surface area contributed by atoms with Gasteiger partial charge in [0.1, 0.15) is 0 Å². The van der Waals surface area contributed by atoms with E-state index in [9.17, 15) is 9.59 Å². The second-order valence-corrected chi connectivity index (χ2v) is 10.1. The van der Waals surface area contributed by atoms with Crippen molar-refractivity contribution in [1.29, 1.82) is 0 Å². The molecule has 5 rings (SSSR count). The Labute approximate surface area is 220 Å². The number of rotatable bonds is 4. The SMILES string of the molecule is Cc1ccc(C(=O)N(c2ccccc2)C2CC(C)N(C(=O)c3cccc(Br)c3)c3ccccc32)cc1. The Kier molecular flexibility index (Phi) is 6.75. The lowest BCUT2D eigenvalue weighted by molar-refractivity contribution is 0.0965. The number of fused-ring (bicyclic) bond motifs is 1. The summed E-state index contributed by atoms with van der Waals surface area (Å²) in [5, 5.41) is 0. The standard InChI is InChI=1S/C31H27BrN2O2/c1-21-15-17-23(18-16-21)30(35)34(26-11-4-3-5-12-26)29-19-22(2)33(28-14-7-6-13-27(28)29)31(36)24-9-8-10-25(32)20-24/h3-18,20,22,29H,19H2,1-2H3.